The number of hydrogen-bond donors (Lipinski definition) is 3. The van der Waals surface area contributed by atoms with Crippen LogP contribution in [0.15, 0.2) is 48.9 Å². The molecule has 1 amide bonds. The number of ether oxygens (including phenoxy) is 1. The maximum absolute atomic E-state index is 13.1. The molecule has 2 aromatic heterocycles. The van der Waals surface area contributed by atoms with E-state index in [1.165, 1.54) is 6.33 Å². The zero-order valence-corrected chi connectivity index (χ0v) is 26.2. The number of rotatable bonds is 15. The Kier molecular flexibility index (Phi) is 10.4. The van der Waals surface area contributed by atoms with E-state index >= 15 is 0 Å². The van der Waals surface area contributed by atoms with Crippen LogP contribution in [0.4, 0.5) is 11.5 Å². The number of unbranched alkanes of at least 4 members (excludes halogenated alkanes) is 3. The van der Waals surface area contributed by atoms with Crippen LogP contribution in [0, 0.1) is 18.3 Å². The summed E-state index contributed by atoms with van der Waals surface area (Å²) in [6.45, 7) is 3.42. The fourth-order valence-electron chi connectivity index (χ4n) is 5.67. The third kappa shape index (κ3) is 7.86. The fraction of sp³-hybridized carbons (Fsp3) is 0.400. The molecule has 3 N–H and O–H groups in total. The van der Waals surface area contributed by atoms with Crippen molar-refractivity contribution in [3.63, 3.8) is 0 Å². The molecule has 1 aliphatic heterocycles. The fourth-order valence-corrected chi connectivity index (χ4v) is 5.67. The van der Waals surface area contributed by atoms with E-state index in [1.807, 2.05) is 50.4 Å². The van der Waals surface area contributed by atoms with Gasteiger partial charge in [-0.25, -0.2) is 15.0 Å². The zero-order chi connectivity index (χ0) is 31.8. The monoisotopic (exact) mass is 607 g/mol. The van der Waals surface area contributed by atoms with Gasteiger partial charge in [0, 0.05) is 54.2 Å². The maximum Gasteiger partial charge on any atom is 0.226 e. The minimum atomic E-state index is -0.259. The van der Waals surface area contributed by atoms with Gasteiger partial charge in [0.2, 0.25) is 5.91 Å². The molecule has 0 unspecified atom stereocenters. The lowest BCUT2D eigenvalue weighted by Crippen LogP contribution is -2.52. The summed E-state index contributed by atoms with van der Waals surface area (Å²) in [7, 11) is 3.64. The van der Waals surface area contributed by atoms with Crippen molar-refractivity contribution < 1.29 is 14.3 Å². The molecule has 0 bridgehead atoms. The van der Waals surface area contributed by atoms with Gasteiger partial charge in [0.1, 0.15) is 29.5 Å². The van der Waals surface area contributed by atoms with Gasteiger partial charge in [-0.15, -0.1) is 6.42 Å². The van der Waals surface area contributed by atoms with E-state index in [9.17, 15) is 9.59 Å². The average Bonchev–Trinajstić information content (AvgIpc) is 3.53. The van der Waals surface area contributed by atoms with Crippen LogP contribution >= 0.6 is 0 Å². The van der Waals surface area contributed by atoms with Crippen molar-refractivity contribution in [2.75, 3.05) is 32.6 Å². The van der Waals surface area contributed by atoms with Gasteiger partial charge in [-0.3, -0.25) is 9.59 Å². The molecule has 0 aliphatic carbocycles. The molecule has 1 aliphatic rings. The Labute approximate surface area is 264 Å². The number of benzene rings is 2. The molecule has 0 radical (unpaired) electrons. The highest BCUT2D eigenvalue weighted by Crippen LogP contribution is 2.36. The van der Waals surface area contributed by atoms with Gasteiger partial charge in [0.05, 0.1) is 36.5 Å². The summed E-state index contributed by atoms with van der Waals surface area (Å²) in [6.07, 6.45) is 14.7. The predicted molar refractivity (Wildman–Crippen MR) is 176 cm³/mol. The van der Waals surface area contributed by atoms with Gasteiger partial charge < -0.3 is 25.3 Å². The summed E-state index contributed by atoms with van der Waals surface area (Å²) in [5.41, 5.74) is 3.86. The third-order valence-corrected chi connectivity index (χ3v) is 8.31. The number of nitrogens with zero attached hydrogens (tertiary/aromatic N) is 4. The van der Waals surface area contributed by atoms with Gasteiger partial charge in [0.25, 0.3) is 0 Å². The Morgan fingerprint density at radius 2 is 1.96 bits per heavy atom. The van der Waals surface area contributed by atoms with Crippen LogP contribution in [-0.2, 0) is 9.59 Å². The van der Waals surface area contributed by atoms with Crippen LogP contribution in [0.1, 0.15) is 69.3 Å². The molecular weight excluding hydrogens is 566 g/mol. The van der Waals surface area contributed by atoms with Crippen LogP contribution in [0.2, 0.25) is 0 Å². The Hall–Kier alpha value is -4.75. The molecule has 10 nitrogen and oxygen atoms in total. The highest BCUT2D eigenvalue weighted by Gasteiger charge is 2.32. The summed E-state index contributed by atoms with van der Waals surface area (Å²) in [5.74, 6) is 4.97. The van der Waals surface area contributed by atoms with Gasteiger partial charge >= 0.3 is 0 Å². The van der Waals surface area contributed by atoms with E-state index < -0.39 is 0 Å². The van der Waals surface area contributed by atoms with Gasteiger partial charge in [-0.1, -0.05) is 38.2 Å². The van der Waals surface area contributed by atoms with Crippen LogP contribution in [0.25, 0.3) is 22.2 Å². The van der Waals surface area contributed by atoms with Gasteiger partial charge in [-0.05, 0) is 44.2 Å². The lowest BCUT2D eigenvalue weighted by Gasteiger charge is -2.35. The summed E-state index contributed by atoms with van der Waals surface area (Å²) >= 11 is 0. The first-order chi connectivity index (χ1) is 21.9. The summed E-state index contributed by atoms with van der Waals surface area (Å²) in [6, 6.07) is 11.2. The van der Waals surface area contributed by atoms with Gasteiger partial charge in [0.15, 0.2) is 0 Å². The molecule has 1 fully saturated rings. The summed E-state index contributed by atoms with van der Waals surface area (Å²) in [5, 5.41) is 7.43. The molecule has 0 saturated carbocycles. The third-order valence-electron chi connectivity index (χ3n) is 8.31. The smallest absolute Gasteiger partial charge is 0.226 e. The first-order valence-corrected chi connectivity index (χ1v) is 15.6. The molecule has 2 aromatic carbocycles. The number of carbonyl (C=O) groups is 2. The Bertz CT molecular complexity index is 1690. The van der Waals surface area contributed by atoms with Crippen molar-refractivity contribution in [1.29, 1.82) is 0 Å². The normalized spacial score (nSPS) is 14.0. The molecule has 234 valence electrons. The number of ketones is 1. The average molecular weight is 608 g/mol. The number of amides is 1. The molecule has 4 aromatic rings. The van der Waals surface area contributed by atoms with Crippen molar-refractivity contribution >= 4 is 34.1 Å². The molecule has 3 heterocycles. The van der Waals surface area contributed by atoms with Crippen LogP contribution in [-0.4, -0.2) is 63.8 Å². The van der Waals surface area contributed by atoms with Crippen molar-refractivity contribution in [2.45, 2.75) is 57.9 Å². The second-order valence-corrected chi connectivity index (χ2v) is 11.6. The number of fused-ring (bicyclic) bond motifs is 1. The number of likely N-dealkylation sites (tertiary alicyclic amines) is 1. The Balaban J connectivity index is 1.38. The zero-order valence-electron chi connectivity index (χ0n) is 26.2. The number of Topliss-reactive ketones (excluding diaryl/α,β-unsaturated/α-hetero) is 1. The quantitative estimate of drug-likeness (QED) is 0.115. The minimum absolute atomic E-state index is 0.0141. The molecule has 5 rings (SSSR count). The van der Waals surface area contributed by atoms with Crippen LogP contribution in [0.5, 0.6) is 5.75 Å². The van der Waals surface area contributed by atoms with Crippen molar-refractivity contribution in [3.8, 4) is 29.4 Å². The lowest BCUT2D eigenvalue weighted by atomic mass is 9.98. The second-order valence-electron chi connectivity index (χ2n) is 11.6. The number of imidazole rings is 1. The molecular formula is C35H41N7O3. The van der Waals surface area contributed by atoms with Crippen LogP contribution in [0.3, 0.4) is 0 Å². The summed E-state index contributed by atoms with van der Waals surface area (Å²) < 4.78 is 5.77. The van der Waals surface area contributed by atoms with E-state index in [1.54, 1.807) is 13.3 Å². The van der Waals surface area contributed by atoms with Crippen LogP contribution < -0.4 is 15.4 Å². The first kappa shape index (κ1) is 31.7. The number of hydrogen-bond acceptors (Lipinski definition) is 8. The number of terminal acetylenes is 1. The highest BCUT2D eigenvalue weighted by molar-refractivity contribution is 5.95. The number of aromatic nitrogens is 4. The van der Waals surface area contributed by atoms with E-state index in [0.29, 0.717) is 36.0 Å². The number of nitrogens with one attached hydrogen (secondary N) is 3. The molecule has 1 atom stereocenters. The molecule has 10 heteroatoms. The van der Waals surface area contributed by atoms with Gasteiger partial charge in [-0.2, -0.15) is 0 Å². The minimum Gasteiger partial charge on any atom is -0.496 e. The van der Waals surface area contributed by atoms with Crippen molar-refractivity contribution in [1.82, 2.24) is 30.2 Å². The predicted octanol–water partition coefficient (Wildman–Crippen LogP) is 5.79. The van der Waals surface area contributed by atoms with E-state index in [-0.39, 0.29) is 17.9 Å². The SMILES string of the molecule is C#Cc1cccc(Nc2ncnc3cc(OC)c(-c4cnc([C@H](CCCCCCC(=O)CC)NC(=O)C5CN(C)C5)[nH]4)cc23)c1. The number of carbonyl (C=O) groups excluding carboxylic acids is 2. The summed E-state index contributed by atoms with van der Waals surface area (Å²) in [4.78, 5) is 44.1. The van der Waals surface area contributed by atoms with E-state index in [0.717, 1.165) is 78.6 Å². The lowest BCUT2D eigenvalue weighted by molar-refractivity contribution is -0.130. The highest BCUT2D eigenvalue weighted by atomic mass is 16.5. The maximum atomic E-state index is 13.1. The largest absolute Gasteiger partial charge is 0.496 e. The molecule has 45 heavy (non-hydrogen) atoms. The first-order valence-electron chi connectivity index (χ1n) is 15.6. The van der Waals surface area contributed by atoms with E-state index in [4.69, 9.17) is 16.1 Å². The number of aromatic amines is 1. The van der Waals surface area contributed by atoms with E-state index in [2.05, 4.69) is 36.4 Å². The van der Waals surface area contributed by atoms with Crippen molar-refractivity contribution in [3.05, 3.63) is 60.3 Å². The number of anilines is 2. The Morgan fingerprint density at radius 1 is 1.13 bits per heavy atom. The number of H-pyrrole nitrogens is 1. The Morgan fingerprint density at radius 3 is 2.71 bits per heavy atom. The second kappa shape index (κ2) is 14.8. The number of methoxy groups -OCH3 is 1. The topological polar surface area (TPSA) is 125 Å². The molecule has 0 spiro atoms. The molecule has 1 saturated heterocycles. The standard InChI is InChI=1S/C35H41N7O3/c1-5-23-12-11-13-25(16-23)39-33-28-17-27(32(45-4)18-30(28)37-22-38-33)31-19-36-34(40-31)29(41-35(44)24-20-42(3)21-24)15-10-8-7-9-14-26(43)6-2/h1,11-13,16-19,22,24,29H,6-10,14-15,20-21H2,2-4H3,(H,36,40)(H,41,44)(H,37,38,39)/t29-/m0/s1. The van der Waals surface area contributed by atoms with Crippen molar-refractivity contribution in [2.24, 2.45) is 5.92 Å².